The summed E-state index contributed by atoms with van der Waals surface area (Å²) in [5, 5.41) is 3.30. The van der Waals surface area contributed by atoms with Crippen molar-refractivity contribution in [3.05, 3.63) is 59.7 Å². The van der Waals surface area contributed by atoms with Crippen LogP contribution in [0.4, 0.5) is 37.7 Å². The van der Waals surface area contributed by atoms with Crippen LogP contribution < -0.4 is 58.4 Å². The van der Waals surface area contributed by atoms with Crippen molar-refractivity contribution in [2.24, 2.45) is 42.9 Å². The van der Waals surface area contributed by atoms with Crippen molar-refractivity contribution in [3.63, 3.8) is 0 Å². The van der Waals surface area contributed by atoms with Crippen LogP contribution in [0.5, 0.6) is 0 Å². The lowest BCUT2D eigenvalue weighted by Crippen LogP contribution is -3.00. The van der Waals surface area contributed by atoms with Gasteiger partial charge in [0.15, 0.2) is 0 Å². The molecule has 0 aromatic heterocycles. The average molecular weight is 645 g/mol. The molecule has 0 aliphatic carbocycles. The van der Waals surface area contributed by atoms with Crippen molar-refractivity contribution in [2.75, 3.05) is 13.1 Å². The Morgan fingerprint density at radius 2 is 0.952 bits per heavy atom. The lowest BCUT2D eigenvalue weighted by Gasteiger charge is -2.06. The van der Waals surface area contributed by atoms with E-state index in [2.05, 4.69) is 20.0 Å². The zero-order valence-electron chi connectivity index (χ0n) is 22.1. The van der Waals surface area contributed by atoms with Crippen LogP contribution in [-0.2, 0) is 12.4 Å². The Morgan fingerprint density at radius 1 is 0.595 bits per heavy atom. The van der Waals surface area contributed by atoms with Gasteiger partial charge in [-0.1, -0.05) is 12.1 Å². The van der Waals surface area contributed by atoms with Crippen LogP contribution in [0.3, 0.4) is 0 Å². The molecule has 0 spiro atoms. The lowest BCUT2D eigenvalue weighted by atomic mass is 10.2. The van der Waals surface area contributed by atoms with Crippen molar-refractivity contribution >= 4 is 35.2 Å². The fraction of sp³-hybridized carbons (Fsp3) is 0.333. The molecule has 42 heavy (non-hydrogen) atoms. The first-order chi connectivity index (χ1) is 18.7. The molecule has 0 aliphatic heterocycles. The van der Waals surface area contributed by atoms with E-state index in [1.165, 1.54) is 24.3 Å². The number of unbranched alkanes of at least 4 members (excludes halogenated alkanes) is 3. The van der Waals surface area contributed by atoms with Gasteiger partial charge in [-0.2, -0.15) is 26.3 Å². The summed E-state index contributed by atoms with van der Waals surface area (Å²) in [4.78, 5) is 15.4. The molecule has 234 valence electrons. The van der Waals surface area contributed by atoms with E-state index in [1.54, 1.807) is 10.6 Å². The lowest BCUT2D eigenvalue weighted by molar-refractivity contribution is -0.544. The number of aliphatic imine (C=N–C) groups is 4. The fourth-order valence-corrected chi connectivity index (χ4v) is 3.32. The van der Waals surface area contributed by atoms with Crippen molar-refractivity contribution in [1.82, 2.24) is 0 Å². The van der Waals surface area contributed by atoms with E-state index in [9.17, 15) is 26.3 Å². The van der Waals surface area contributed by atoms with E-state index in [4.69, 9.17) is 22.9 Å². The predicted octanol–water partition coefficient (Wildman–Crippen LogP) is -4.36. The highest BCUT2D eigenvalue weighted by molar-refractivity contribution is 5.91. The highest BCUT2D eigenvalue weighted by atomic mass is 35.5. The summed E-state index contributed by atoms with van der Waals surface area (Å²) in [6.07, 6.45) is -5.61. The van der Waals surface area contributed by atoms with E-state index < -0.39 is 23.5 Å². The van der Waals surface area contributed by atoms with Crippen LogP contribution >= 0.6 is 0 Å². The summed E-state index contributed by atoms with van der Waals surface area (Å²) >= 11 is 0. The van der Waals surface area contributed by atoms with Gasteiger partial charge in [0.25, 0.3) is 11.9 Å². The molecule has 10 nitrogen and oxygen atoms in total. The number of rotatable bonds is 9. The maximum atomic E-state index is 12.8. The summed E-state index contributed by atoms with van der Waals surface area (Å²) in [5.41, 5.74) is 21.2. The Hall–Kier alpha value is -3.60. The van der Waals surface area contributed by atoms with Crippen molar-refractivity contribution < 1.29 is 61.8 Å². The van der Waals surface area contributed by atoms with Gasteiger partial charge in [-0.25, -0.2) is 9.98 Å². The number of hydrogen-bond donors (Lipinski definition) is 6. The van der Waals surface area contributed by atoms with Crippen molar-refractivity contribution in [3.8, 4) is 0 Å². The van der Waals surface area contributed by atoms with E-state index in [1.807, 2.05) is 0 Å². The van der Waals surface area contributed by atoms with Crippen LogP contribution in [0.25, 0.3) is 0 Å². The van der Waals surface area contributed by atoms with Crippen LogP contribution in [-0.4, -0.2) is 36.9 Å². The molecule has 12 N–H and O–H groups in total. The van der Waals surface area contributed by atoms with Gasteiger partial charge in [0.1, 0.15) is 0 Å². The molecule has 0 saturated heterocycles. The van der Waals surface area contributed by atoms with Gasteiger partial charge in [0.05, 0.1) is 35.6 Å². The minimum Gasteiger partial charge on any atom is -1.00 e. The second-order valence-corrected chi connectivity index (χ2v) is 8.51. The monoisotopic (exact) mass is 644 g/mol. The zero-order chi connectivity index (χ0) is 29.8. The fourth-order valence-electron chi connectivity index (χ4n) is 3.32. The minimum absolute atomic E-state index is 0. The molecule has 2 aromatic carbocycles. The molecule has 0 bridgehead atoms. The average Bonchev–Trinajstić information content (AvgIpc) is 2.84. The molecule has 0 unspecified atom stereocenters. The molecule has 0 saturated carbocycles. The maximum absolute atomic E-state index is 12.8. The van der Waals surface area contributed by atoms with Gasteiger partial charge in [-0.15, -0.1) is 9.98 Å². The SMILES string of the molecule is NC(=Nc1cccc(C(F)(F)F)c1)/N=C(\N)[NH2+]CCCCCC[NH2+]/C(N)=N/C(N)=Nc1cccc(C(F)(F)F)c1.[Cl-].[Cl-]. The summed E-state index contributed by atoms with van der Waals surface area (Å²) in [7, 11) is 0. The Labute approximate surface area is 250 Å². The molecular formula is C24H32Cl2F6N10. The molecule has 0 fully saturated rings. The molecular weight excluding hydrogens is 613 g/mol. The van der Waals surface area contributed by atoms with E-state index >= 15 is 0 Å². The largest absolute Gasteiger partial charge is 1.00 e. The topological polar surface area (TPSA) is 187 Å². The number of nitrogens with two attached hydrogens (primary N) is 6. The molecule has 2 aromatic rings. The Bertz CT molecular complexity index is 1150. The summed E-state index contributed by atoms with van der Waals surface area (Å²) in [6, 6.07) is 8.78. The number of alkyl halides is 6. The first kappa shape index (κ1) is 38.4. The van der Waals surface area contributed by atoms with Gasteiger partial charge in [0.2, 0.25) is 11.9 Å². The number of quaternary nitrogens is 2. The molecule has 0 atom stereocenters. The third kappa shape index (κ3) is 14.9. The standard InChI is InChI=1S/C24H30F6N10.2ClH/c25-23(26,27)15-7-5-9-17(13-15)37-21(33)39-19(31)35-11-3-1-2-4-12-36-20(32)40-22(34)38-18-10-6-8-16(14-18)24(28,29)30;;/h5-10,13-14H,1-4,11-12H2,(H5,31,33,35,37,39)(H5,32,34,36,38,40);2*1H. The van der Waals surface area contributed by atoms with E-state index in [0.29, 0.717) is 13.1 Å². The smallest absolute Gasteiger partial charge is 0.416 e. The summed E-state index contributed by atoms with van der Waals surface area (Å²) < 4.78 is 76.8. The Balaban J connectivity index is 0.00000840. The van der Waals surface area contributed by atoms with Crippen molar-refractivity contribution in [1.29, 1.82) is 0 Å². The normalized spacial score (nSPS) is 13.4. The minimum atomic E-state index is -4.49. The first-order valence-corrected chi connectivity index (χ1v) is 12.1. The quantitative estimate of drug-likeness (QED) is 0.0697. The van der Waals surface area contributed by atoms with Gasteiger partial charge >= 0.3 is 12.4 Å². The van der Waals surface area contributed by atoms with Gasteiger partial charge < -0.3 is 47.7 Å². The van der Waals surface area contributed by atoms with Crippen molar-refractivity contribution in [2.45, 2.75) is 38.0 Å². The van der Waals surface area contributed by atoms with Gasteiger partial charge in [0, 0.05) is 0 Å². The molecule has 0 heterocycles. The van der Waals surface area contributed by atoms with Gasteiger partial charge in [-0.05, 0) is 62.1 Å². The summed E-state index contributed by atoms with van der Waals surface area (Å²) in [5.74, 6) is -0.309. The third-order valence-electron chi connectivity index (χ3n) is 5.19. The molecule has 18 heteroatoms. The van der Waals surface area contributed by atoms with Crippen LogP contribution in [0.15, 0.2) is 68.5 Å². The number of benzene rings is 2. The van der Waals surface area contributed by atoms with E-state index in [0.717, 1.165) is 49.9 Å². The maximum Gasteiger partial charge on any atom is 0.416 e. The third-order valence-corrected chi connectivity index (χ3v) is 5.19. The second-order valence-electron chi connectivity index (χ2n) is 8.51. The molecule has 2 rings (SSSR count). The van der Waals surface area contributed by atoms with Crippen LogP contribution in [0.2, 0.25) is 0 Å². The zero-order valence-corrected chi connectivity index (χ0v) is 23.6. The number of guanidine groups is 4. The van der Waals surface area contributed by atoms with Crippen LogP contribution in [0.1, 0.15) is 36.8 Å². The highest BCUT2D eigenvalue weighted by Gasteiger charge is 2.31. The van der Waals surface area contributed by atoms with Crippen LogP contribution in [0, 0.1) is 0 Å². The Morgan fingerprint density at radius 3 is 1.29 bits per heavy atom. The predicted molar refractivity (Wildman–Crippen MR) is 141 cm³/mol. The molecule has 0 radical (unpaired) electrons. The second kappa shape index (κ2) is 18.0. The number of halogens is 8. The van der Waals surface area contributed by atoms with E-state index in [-0.39, 0.29) is 60.0 Å². The molecule has 0 aliphatic rings. The first-order valence-electron chi connectivity index (χ1n) is 12.1. The highest BCUT2D eigenvalue weighted by Crippen LogP contribution is 2.32. The number of nitrogens with zero attached hydrogens (tertiary/aromatic N) is 4. The summed E-state index contributed by atoms with van der Waals surface area (Å²) in [6.45, 7) is 1.23. The number of hydrogen-bond acceptors (Lipinski definition) is 2. The Kier molecular flexibility index (Phi) is 16.5. The van der Waals surface area contributed by atoms with Gasteiger partial charge in [-0.3, -0.25) is 10.6 Å². The molecule has 0 amide bonds.